The summed E-state index contributed by atoms with van der Waals surface area (Å²) in [6, 6.07) is 2.92. The van der Waals surface area contributed by atoms with Crippen LogP contribution >= 0.6 is 27.5 Å². The van der Waals surface area contributed by atoms with Gasteiger partial charge in [0.1, 0.15) is 5.82 Å². The van der Waals surface area contributed by atoms with E-state index in [2.05, 4.69) is 30.7 Å². The molecule has 0 saturated carbocycles. The summed E-state index contributed by atoms with van der Waals surface area (Å²) in [5.41, 5.74) is 5.98. The number of nitrogens with two attached hydrogens (primary N) is 1. The maximum atomic E-state index is 6.30. The molecule has 0 amide bonds. The second-order valence-electron chi connectivity index (χ2n) is 5.72. The average Bonchev–Trinajstić information content (AvgIpc) is 2.89. The lowest BCUT2D eigenvalue weighted by Gasteiger charge is -2.34. The number of hydrogen-bond acceptors (Lipinski definition) is 4. The number of pyridine rings is 1. The Balaban J connectivity index is 1.64. The Morgan fingerprint density at radius 1 is 1.25 bits per heavy atom. The zero-order valence-corrected chi connectivity index (χ0v) is 13.8. The van der Waals surface area contributed by atoms with Crippen molar-refractivity contribution < 1.29 is 0 Å². The number of hydrogen-bond donors (Lipinski definition) is 1. The van der Waals surface area contributed by atoms with E-state index < -0.39 is 0 Å². The highest BCUT2D eigenvalue weighted by Crippen LogP contribution is 2.30. The van der Waals surface area contributed by atoms with E-state index in [0.717, 1.165) is 54.3 Å². The van der Waals surface area contributed by atoms with Crippen LogP contribution in [0.1, 0.15) is 19.3 Å². The van der Waals surface area contributed by atoms with Crippen molar-refractivity contribution in [1.82, 2.24) is 9.88 Å². The Morgan fingerprint density at radius 2 is 2.00 bits per heavy atom. The first kappa shape index (κ1) is 14.6. The van der Waals surface area contributed by atoms with Crippen LogP contribution in [0.3, 0.4) is 0 Å². The standard InChI is InChI=1S/C14H20BrClN4/c15-10-7-13(16)14(18-8-10)20-6-3-12(9-20)19-4-1-11(17)2-5-19/h7-8,11-12H,1-6,9,17H2. The lowest BCUT2D eigenvalue weighted by molar-refractivity contribution is 0.163. The van der Waals surface area contributed by atoms with Crippen LogP contribution in [0.2, 0.25) is 5.02 Å². The fourth-order valence-electron chi connectivity index (χ4n) is 3.16. The molecule has 2 aliphatic heterocycles. The Labute approximate surface area is 133 Å². The molecule has 2 aliphatic rings. The molecule has 2 fully saturated rings. The summed E-state index contributed by atoms with van der Waals surface area (Å²) in [5, 5.41) is 0.723. The minimum absolute atomic E-state index is 0.395. The van der Waals surface area contributed by atoms with Crippen LogP contribution in [0.5, 0.6) is 0 Å². The minimum Gasteiger partial charge on any atom is -0.354 e. The largest absolute Gasteiger partial charge is 0.354 e. The number of anilines is 1. The van der Waals surface area contributed by atoms with Gasteiger partial charge in [0.05, 0.1) is 5.02 Å². The van der Waals surface area contributed by atoms with Gasteiger partial charge in [-0.1, -0.05) is 11.6 Å². The lowest BCUT2D eigenvalue weighted by atomic mass is 10.0. The monoisotopic (exact) mass is 358 g/mol. The van der Waals surface area contributed by atoms with Crippen molar-refractivity contribution in [2.75, 3.05) is 31.1 Å². The van der Waals surface area contributed by atoms with Gasteiger partial charge in [-0.15, -0.1) is 0 Å². The fraction of sp³-hybridized carbons (Fsp3) is 0.643. The van der Waals surface area contributed by atoms with Crippen molar-refractivity contribution in [3.63, 3.8) is 0 Å². The summed E-state index contributed by atoms with van der Waals surface area (Å²) < 4.78 is 0.923. The summed E-state index contributed by atoms with van der Waals surface area (Å²) in [7, 11) is 0. The zero-order chi connectivity index (χ0) is 14.1. The first-order chi connectivity index (χ1) is 9.63. The zero-order valence-electron chi connectivity index (χ0n) is 11.4. The Kier molecular flexibility index (Phi) is 4.50. The van der Waals surface area contributed by atoms with Crippen molar-refractivity contribution >= 4 is 33.3 Å². The van der Waals surface area contributed by atoms with Crippen molar-refractivity contribution in [3.05, 3.63) is 21.8 Å². The van der Waals surface area contributed by atoms with Gasteiger partial charge in [-0.2, -0.15) is 0 Å². The normalized spacial score (nSPS) is 25.4. The van der Waals surface area contributed by atoms with Crippen molar-refractivity contribution in [2.45, 2.75) is 31.3 Å². The molecule has 1 aromatic heterocycles. The highest BCUT2D eigenvalue weighted by atomic mass is 79.9. The molecule has 3 rings (SSSR count). The number of likely N-dealkylation sites (tertiary alicyclic amines) is 1. The van der Waals surface area contributed by atoms with Gasteiger partial charge < -0.3 is 10.6 Å². The SMILES string of the molecule is NC1CCN(C2CCN(c3ncc(Br)cc3Cl)C2)CC1. The van der Waals surface area contributed by atoms with Gasteiger partial charge in [-0.3, -0.25) is 4.90 Å². The van der Waals surface area contributed by atoms with E-state index in [1.165, 1.54) is 6.42 Å². The van der Waals surface area contributed by atoms with Gasteiger partial charge in [-0.25, -0.2) is 4.98 Å². The number of aromatic nitrogens is 1. The predicted octanol–water partition coefficient (Wildman–Crippen LogP) is 2.50. The van der Waals surface area contributed by atoms with Crippen molar-refractivity contribution in [1.29, 1.82) is 0 Å². The van der Waals surface area contributed by atoms with E-state index in [1.54, 1.807) is 0 Å². The maximum absolute atomic E-state index is 6.30. The number of rotatable bonds is 2. The predicted molar refractivity (Wildman–Crippen MR) is 86.3 cm³/mol. The lowest BCUT2D eigenvalue weighted by Crippen LogP contribution is -2.46. The molecule has 3 heterocycles. The first-order valence-corrected chi connectivity index (χ1v) is 8.36. The van der Waals surface area contributed by atoms with Crippen molar-refractivity contribution in [3.8, 4) is 0 Å². The summed E-state index contributed by atoms with van der Waals surface area (Å²) in [5.74, 6) is 0.908. The highest BCUT2D eigenvalue weighted by molar-refractivity contribution is 9.10. The van der Waals surface area contributed by atoms with Gasteiger partial charge in [-0.05, 0) is 54.3 Å². The Bertz CT molecular complexity index is 476. The van der Waals surface area contributed by atoms with Gasteiger partial charge >= 0.3 is 0 Å². The summed E-state index contributed by atoms with van der Waals surface area (Å²) in [6.07, 6.45) is 5.24. The van der Waals surface area contributed by atoms with E-state index in [0.29, 0.717) is 12.1 Å². The van der Waals surface area contributed by atoms with Crippen molar-refractivity contribution in [2.24, 2.45) is 5.73 Å². The smallest absolute Gasteiger partial charge is 0.147 e. The molecule has 4 nitrogen and oxygen atoms in total. The quantitative estimate of drug-likeness (QED) is 0.881. The summed E-state index contributed by atoms with van der Waals surface area (Å²) in [6.45, 7) is 4.30. The Morgan fingerprint density at radius 3 is 2.70 bits per heavy atom. The molecule has 0 aromatic carbocycles. The molecule has 0 aliphatic carbocycles. The topological polar surface area (TPSA) is 45.4 Å². The molecular formula is C14H20BrClN4. The molecule has 1 unspecified atom stereocenters. The maximum Gasteiger partial charge on any atom is 0.147 e. The highest BCUT2D eigenvalue weighted by Gasteiger charge is 2.31. The molecular weight excluding hydrogens is 340 g/mol. The molecule has 1 atom stereocenters. The third-order valence-electron chi connectivity index (χ3n) is 4.34. The van der Waals surface area contributed by atoms with Gasteiger partial charge in [0.2, 0.25) is 0 Å². The van der Waals surface area contributed by atoms with Crippen LogP contribution in [0.25, 0.3) is 0 Å². The molecule has 0 radical (unpaired) electrons. The second kappa shape index (κ2) is 6.18. The third-order valence-corrected chi connectivity index (χ3v) is 5.05. The van der Waals surface area contributed by atoms with Crippen LogP contribution in [0.4, 0.5) is 5.82 Å². The summed E-state index contributed by atoms with van der Waals surface area (Å²) >= 11 is 9.70. The number of nitrogens with zero attached hydrogens (tertiary/aromatic N) is 3. The molecule has 110 valence electrons. The molecule has 0 spiro atoms. The molecule has 6 heteroatoms. The second-order valence-corrected chi connectivity index (χ2v) is 7.04. The van der Waals surface area contributed by atoms with E-state index in [1.807, 2.05) is 12.3 Å². The van der Waals surface area contributed by atoms with Gasteiger partial charge in [0.25, 0.3) is 0 Å². The molecule has 2 N–H and O–H groups in total. The van der Waals surface area contributed by atoms with Crippen LogP contribution in [0, 0.1) is 0 Å². The molecule has 0 bridgehead atoms. The third kappa shape index (κ3) is 3.11. The minimum atomic E-state index is 0.395. The Hall–Kier alpha value is -0.360. The van der Waals surface area contributed by atoms with Crippen LogP contribution in [0.15, 0.2) is 16.7 Å². The molecule has 1 aromatic rings. The number of halogens is 2. The first-order valence-electron chi connectivity index (χ1n) is 7.19. The van der Waals surface area contributed by atoms with E-state index in [-0.39, 0.29) is 0 Å². The van der Waals surface area contributed by atoms with E-state index >= 15 is 0 Å². The van der Waals surface area contributed by atoms with Crippen LogP contribution < -0.4 is 10.6 Å². The molecule has 2 saturated heterocycles. The van der Waals surface area contributed by atoms with Crippen LogP contribution in [-0.4, -0.2) is 48.1 Å². The average molecular weight is 360 g/mol. The number of piperidine rings is 1. The molecule has 20 heavy (non-hydrogen) atoms. The van der Waals surface area contributed by atoms with Crippen LogP contribution in [-0.2, 0) is 0 Å². The fourth-order valence-corrected chi connectivity index (χ4v) is 3.91. The van der Waals surface area contributed by atoms with Gasteiger partial charge in [0.15, 0.2) is 0 Å². The van der Waals surface area contributed by atoms with E-state index in [9.17, 15) is 0 Å². The summed E-state index contributed by atoms with van der Waals surface area (Å²) in [4.78, 5) is 9.34. The van der Waals surface area contributed by atoms with Gasteiger partial charge in [0, 0.05) is 35.8 Å². The van der Waals surface area contributed by atoms with E-state index in [4.69, 9.17) is 17.3 Å².